The van der Waals surface area contributed by atoms with Crippen LogP contribution in [0.25, 0.3) is 0 Å². The Bertz CT molecular complexity index is 128. The first-order valence-electron chi connectivity index (χ1n) is 2.58. The minimum absolute atomic E-state index is 0.0920. The summed E-state index contributed by atoms with van der Waals surface area (Å²) in [6, 6.07) is 0. The molecule has 0 aromatic rings. The molecule has 0 unspecified atom stereocenters. The smallest absolute Gasteiger partial charge is 0.154 e. The highest BCUT2D eigenvalue weighted by molar-refractivity contribution is 8.14. The Morgan fingerprint density at radius 3 is 2.50 bits per heavy atom. The van der Waals surface area contributed by atoms with Crippen LogP contribution >= 0.6 is 11.8 Å². The van der Waals surface area contributed by atoms with Gasteiger partial charge >= 0.3 is 0 Å². The summed E-state index contributed by atoms with van der Waals surface area (Å²) >= 11 is 1.63. The van der Waals surface area contributed by atoms with Crippen LogP contribution in [0, 0.1) is 0 Å². The van der Waals surface area contributed by atoms with Crippen molar-refractivity contribution >= 4 is 16.9 Å². The Balaban J connectivity index is 2.67. The third kappa shape index (κ3) is 1.15. The largest absolute Gasteiger partial charge is 0.379 e. The fourth-order valence-electron chi connectivity index (χ4n) is 0.613. The molecule has 0 saturated heterocycles. The number of aliphatic imine (C=N–C) groups is 1. The molecule has 1 aliphatic heterocycles. The first-order valence-corrected chi connectivity index (χ1v) is 3.57. The standard InChI is InChI=1S/C5H10N2S/c1-5(2)3-8-4(6)7-5/h3H2,1-2H3,(H2,6,7). The van der Waals surface area contributed by atoms with Crippen molar-refractivity contribution in [2.75, 3.05) is 5.75 Å². The highest BCUT2D eigenvalue weighted by Gasteiger charge is 2.23. The van der Waals surface area contributed by atoms with Gasteiger partial charge in [0.15, 0.2) is 5.17 Å². The monoisotopic (exact) mass is 130 g/mol. The number of amidine groups is 1. The van der Waals surface area contributed by atoms with Crippen LogP contribution in [-0.2, 0) is 0 Å². The molecule has 0 amide bonds. The molecule has 3 heteroatoms. The average molecular weight is 130 g/mol. The summed E-state index contributed by atoms with van der Waals surface area (Å²) in [5, 5.41) is 0.731. The van der Waals surface area contributed by atoms with Gasteiger partial charge in [-0.15, -0.1) is 0 Å². The predicted molar refractivity (Wildman–Crippen MR) is 38.2 cm³/mol. The summed E-state index contributed by atoms with van der Waals surface area (Å²) in [4.78, 5) is 4.18. The van der Waals surface area contributed by atoms with Gasteiger partial charge in [-0.2, -0.15) is 0 Å². The maximum absolute atomic E-state index is 5.42. The second-order valence-electron chi connectivity index (χ2n) is 2.55. The highest BCUT2D eigenvalue weighted by Crippen LogP contribution is 2.24. The van der Waals surface area contributed by atoms with Gasteiger partial charge in [0.25, 0.3) is 0 Å². The summed E-state index contributed by atoms with van der Waals surface area (Å²) in [5.74, 6) is 1.03. The third-order valence-electron chi connectivity index (χ3n) is 0.986. The summed E-state index contributed by atoms with van der Waals surface area (Å²) in [5.41, 5.74) is 5.52. The quantitative estimate of drug-likeness (QED) is 0.527. The zero-order valence-electron chi connectivity index (χ0n) is 5.14. The van der Waals surface area contributed by atoms with E-state index in [2.05, 4.69) is 18.8 Å². The van der Waals surface area contributed by atoms with E-state index in [1.165, 1.54) is 0 Å². The molecule has 0 aliphatic carbocycles. The van der Waals surface area contributed by atoms with Crippen molar-refractivity contribution in [2.24, 2.45) is 10.7 Å². The second-order valence-corrected chi connectivity index (χ2v) is 3.55. The van der Waals surface area contributed by atoms with Crippen molar-refractivity contribution < 1.29 is 0 Å². The fourth-order valence-corrected chi connectivity index (χ4v) is 1.49. The van der Waals surface area contributed by atoms with Gasteiger partial charge in [-0.1, -0.05) is 11.8 Å². The molecule has 1 aliphatic rings. The van der Waals surface area contributed by atoms with Crippen LogP contribution in [0.1, 0.15) is 13.8 Å². The van der Waals surface area contributed by atoms with Crippen LogP contribution in [0.4, 0.5) is 0 Å². The molecule has 0 atom stereocenters. The number of hydrogen-bond acceptors (Lipinski definition) is 3. The molecule has 0 radical (unpaired) electrons. The van der Waals surface area contributed by atoms with E-state index < -0.39 is 0 Å². The molecule has 0 saturated carbocycles. The van der Waals surface area contributed by atoms with Gasteiger partial charge in [0.2, 0.25) is 0 Å². The normalized spacial score (nSPS) is 25.5. The van der Waals surface area contributed by atoms with Gasteiger partial charge in [-0.25, -0.2) is 0 Å². The minimum Gasteiger partial charge on any atom is -0.379 e. The molecule has 0 bridgehead atoms. The van der Waals surface area contributed by atoms with E-state index >= 15 is 0 Å². The van der Waals surface area contributed by atoms with Crippen molar-refractivity contribution in [3.63, 3.8) is 0 Å². The van der Waals surface area contributed by atoms with E-state index in [4.69, 9.17) is 5.73 Å². The zero-order chi connectivity index (χ0) is 6.20. The van der Waals surface area contributed by atoms with Crippen LogP contribution in [-0.4, -0.2) is 16.5 Å². The van der Waals surface area contributed by atoms with Crippen LogP contribution in [0.15, 0.2) is 4.99 Å². The Labute approximate surface area is 53.6 Å². The third-order valence-corrected chi connectivity index (χ3v) is 2.22. The van der Waals surface area contributed by atoms with Crippen molar-refractivity contribution in [3.05, 3.63) is 0 Å². The lowest BCUT2D eigenvalue weighted by atomic mass is 10.1. The number of rotatable bonds is 0. The Morgan fingerprint density at radius 1 is 1.75 bits per heavy atom. The summed E-state index contributed by atoms with van der Waals surface area (Å²) < 4.78 is 0. The first kappa shape index (κ1) is 5.95. The fraction of sp³-hybridized carbons (Fsp3) is 0.800. The maximum Gasteiger partial charge on any atom is 0.154 e. The van der Waals surface area contributed by atoms with Gasteiger partial charge in [0.1, 0.15) is 0 Å². The molecule has 46 valence electrons. The van der Waals surface area contributed by atoms with E-state index in [0.717, 1.165) is 10.9 Å². The lowest BCUT2D eigenvalue weighted by molar-refractivity contribution is 0.604. The summed E-state index contributed by atoms with van der Waals surface area (Å²) in [6.07, 6.45) is 0. The number of nitrogens with two attached hydrogens (primary N) is 1. The van der Waals surface area contributed by atoms with Gasteiger partial charge in [-0.05, 0) is 13.8 Å². The molecule has 1 heterocycles. The van der Waals surface area contributed by atoms with Crippen LogP contribution in [0.5, 0.6) is 0 Å². The average Bonchev–Trinajstić information content (AvgIpc) is 1.82. The molecule has 0 aromatic heterocycles. The first-order chi connectivity index (χ1) is 3.60. The lowest BCUT2D eigenvalue weighted by Crippen LogP contribution is -2.15. The lowest BCUT2D eigenvalue weighted by Gasteiger charge is -2.08. The number of hydrogen-bond donors (Lipinski definition) is 1. The summed E-state index contributed by atoms with van der Waals surface area (Å²) in [7, 11) is 0. The predicted octanol–water partition coefficient (Wildman–Crippen LogP) is 0.827. The Kier molecular flexibility index (Phi) is 1.23. The topological polar surface area (TPSA) is 38.4 Å². The van der Waals surface area contributed by atoms with Crippen molar-refractivity contribution in [2.45, 2.75) is 19.4 Å². The minimum atomic E-state index is 0.0920. The molecular weight excluding hydrogens is 120 g/mol. The van der Waals surface area contributed by atoms with Crippen molar-refractivity contribution in [3.8, 4) is 0 Å². The molecule has 0 aromatic carbocycles. The van der Waals surface area contributed by atoms with Crippen molar-refractivity contribution in [1.29, 1.82) is 0 Å². The Morgan fingerprint density at radius 2 is 2.38 bits per heavy atom. The number of thioether (sulfide) groups is 1. The zero-order valence-corrected chi connectivity index (χ0v) is 5.96. The van der Waals surface area contributed by atoms with Crippen LogP contribution < -0.4 is 5.73 Å². The Hall–Kier alpha value is -0.180. The molecule has 0 spiro atoms. The summed E-state index contributed by atoms with van der Waals surface area (Å²) in [6.45, 7) is 4.17. The second kappa shape index (κ2) is 1.65. The molecule has 2 nitrogen and oxygen atoms in total. The van der Waals surface area contributed by atoms with Crippen LogP contribution in [0.3, 0.4) is 0 Å². The van der Waals surface area contributed by atoms with Gasteiger partial charge < -0.3 is 5.73 Å². The van der Waals surface area contributed by atoms with Gasteiger partial charge in [-0.3, -0.25) is 4.99 Å². The van der Waals surface area contributed by atoms with E-state index in [1.54, 1.807) is 11.8 Å². The van der Waals surface area contributed by atoms with Gasteiger partial charge in [0, 0.05) is 5.75 Å². The van der Waals surface area contributed by atoms with E-state index in [1.807, 2.05) is 0 Å². The van der Waals surface area contributed by atoms with Crippen molar-refractivity contribution in [1.82, 2.24) is 0 Å². The van der Waals surface area contributed by atoms with E-state index in [-0.39, 0.29) is 5.54 Å². The molecule has 0 fully saturated rings. The van der Waals surface area contributed by atoms with E-state index in [9.17, 15) is 0 Å². The SMILES string of the molecule is CC1(C)CSC(N)=N1. The van der Waals surface area contributed by atoms with Crippen LogP contribution in [0.2, 0.25) is 0 Å². The highest BCUT2D eigenvalue weighted by atomic mass is 32.2. The molecule has 8 heavy (non-hydrogen) atoms. The number of nitrogens with zero attached hydrogens (tertiary/aromatic N) is 1. The molecule has 1 rings (SSSR count). The molecular formula is C5H10N2S. The van der Waals surface area contributed by atoms with Gasteiger partial charge in [0.05, 0.1) is 5.54 Å². The maximum atomic E-state index is 5.42. The molecule has 2 N–H and O–H groups in total. The van der Waals surface area contributed by atoms with E-state index in [0.29, 0.717) is 0 Å².